The lowest BCUT2D eigenvalue weighted by atomic mass is 10.2. The Morgan fingerprint density at radius 3 is 3.00 bits per heavy atom. The summed E-state index contributed by atoms with van der Waals surface area (Å²) >= 11 is 2.10. The van der Waals surface area contributed by atoms with Gasteiger partial charge in [0.05, 0.1) is 5.56 Å². The highest BCUT2D eigenvalue weighted by molar-refractivity contribution is 14.1. The maximum Gasteiger partial charge on any atom is 0.255 e. The SMILES string of the molecule is COCCCNC(=O)c1cc(I)ccc1O. The number of methoxy groups -OCH3 is 1. The second-order valence-electron chi connectivity index (χ2n) is 3.26. The number of nitrogens with one attached hydrogen (secondary N) is 1. The summed E-state index contributed by atoms with van der Waals surface area (Å²) in [4.78, 5) is 11.7. The highest BCUT2D eigenvalue weighted by Crippen LogP contribution is 2.19. The van der Waals surface area contributed by atoms with Crippen molar-refractivity contribution in [1.82, 2.24) is 5.32 Å². The van der Waals surface area contributed by atoms with Gasteiger partial charge in [-0.15, -0.1) is 0 Å². The number of amides is 1. The average molecular weight is 335 g/mol. The monoisotopic (exact) mass is 335 g/mol. The minimum Gasteiger partial charge on any atom is -0.507 e. The topological polar surface area (TPSA) is 58.6 Å². The third kappa shape index (κ3) is 3.97. The molecule has 1 rings (SSSR count). The average Bonchev–Trinajstić information content (AvgIpc) is 2.27. The van der Waals surface area contributed by atoms with Crippen LogP contribution in [0.25, 0.3) is 0 Å². The van der Waals surface area contributed by atoms with E-state index in [1.54, 1.807) is 19.2 Å². The van der Waals surface area contributed by atoms with E-state index in [9.17, 15) is 9.90 Å². The Morgan fingerprint density at radius 1 is 1.56 bits per heavy atom. The molecule has 0 aliphatic rings. The van der Waals surface area contributed by atoms with Crippen molar-refractivity contribution in [2.75, 3.05) is 20.3 Å². The number of carbonyl (C=O) groups excluding carboxylic acids is 1. The molecule has 0 aliphatic carbocycles. The van der Waals surface area contributed by atoms with Crippen LogP contribution in [0.15, 0.2) is 18.2 Å². The lowest BCUT2D eigenvalue weighted by Gasteiger charge is -2.06. The quantitative estimate of drug-likeness (QED) is 0.637. The summed E-state index contributed by atoms with van der Waals surface area (Å²) in [6.07, 6.45) is 0.757. The predicted octanol–water partition coefficient (Wildman–Crippen LogP) is 1.76. The lowest BCUT2D eigenvalue weighted by Crippen LogP contribution is -2.25. The van der Waals surface area contributed by atoms with Gasteiger partial charge in [0.2, 0.25) is 0 Å². The molecule has 5 heteroatoms. The molecule has 0 atom stereocenters. The highest BCUT2D eigenvalue weighted by atomic mass is 127. The van der Waals surface area contributed by atoms with Crippen LogP contribution in [0.1, 0.15) is 16.8 Å². The van der Waals surface area contributed by atoms with Crippen molar-refractivity contribution in [3.05, 3.63) is 27.3 Å². The fraction of sp³-hybridized carbons (Fsp3) is 0.364. The van der Waals surface area contributed by atoms with Gasteiger partial charge in [0.1, 0.15) is 5.75 Å². The third-order valence-electron chi connectivity index (χ3n) is 2.01. The van der Waals surface area contributed by atoms with Gasteiger partial charge in [0, 0.05) is 23.8 Å². The van der Waals surface area contributed by atoms with Crippen LogP contribution in [0.3, 0.4) is 0 Å². The van der Waals surface area contributed by atoms with Crippen molar-refractivity contribution >= 4 is 28.5 Å². The first-order valence-corrected chi connectivity index (χ1v) is 5.98. The first-order valence-electron chi connectivity index (χ1n) is 4.91. The van der Waals surface area contributed by atoms with E-state index in [1.807, 2.05) is 0 Å². The molecule has 0 bridgehead atoms. The van der Waals surface area contributed by atoms with E-state index >= 15 is 0 Å². The summed E-state index contributed by atoms with van der Waals surface area (Å²) in [5, 5.41) is 12.2. The molecule has 2 N–H and O–H groups in total. The summed E-state index contributed by atoms with van der Waals surface area (Å²) in [5.74, 6) is -0.253. The van der Waals surface area contributed by atoms with Crippen molar-refractivity contribution < 1.29 is 14.6 Å². The largest absolute Gasteiger partial charge is 0.507 e. The normalized spacial score (nSPS) is 10.1. The standard InChI is InChI=1S/C11H14INO3/c1-16-6-2-5-13-11(15)9-7-8(12)3-4-10(9)14/h3-4,7,14H,2,5-6H2,1H3,(H,13,15). The highest BCUT2D eigenvalue weighted by Gasteiger charge is 2.10. The summed E-state index contributed by atoms with van der Waals surface area (Å²) in [7, 11) is 1.62. The number of halogens is 1. The van der Waals surface area contributed by atoms with Crippen molar-refractivity contribution in [2.45, 2.75) is 6.42 Å². The fourth-order valence-electron chi connectivity index (χ4n) is 1.20. The number of hydrogen-bond donors (Lipinski definition) is 2. The van der Waals surface area contributed by atoms with Gasteiger partial charge in [-0.1, -0.05) is 0 Å². The maximum absolute atomic E-state index is 11.7. The minimum atomic E-state index is -0.257. The van der Waals surface area contributed by atoms with Gasteiger partial charge in [-0.3, -0.25) is 4.79 Å². The van der Waals surface area contributed by atoms with Crippen LogP contribution in [-0.2, 0) is 4.74 Å². The van der Waals surface area contributed by atoms with Crippen molar-refractivity contribution in [1.29, 1.82) is 0 Å². The van der Waals surface area contributed by atoms with Gasteiger partial charge in [0.15, 0.2) is 0 Å². The van der Waals surface area contributed by atoms with Crippen LogP contribution < -0.4 is 5.32 Å². The van der Waals surface area contributed by atoms with Crippen LogP contribution in [0.5, 0.6) is 5.75 Å². The van der Waals surface area contributed by atoms with E-state index < -0.39 is 0 Å². The maximum atomic E-state index is 11.7. The van der Waals surface area contributed by atoms with Crippen molar-refractivity contribution in [2.24, 2.45) is 0 Å². The molecule has 88 valence electrons. The molecular weight excluding hydrogens is 321 g/mol. The van der Waals surface area contributed by atoms with E-state index in [4.69, 9.17) is 4.74 Å². The van der Waals surface area contributed by atoms with E-state index in [0.717, 1.165) is 9.99 Å². The Morgan fingerprint density at radius 2 is 2.31 bits per heavy atom. The molecule has 0 aliphatic heterocycles. The number of phenolic OH excluding ortho intramolecular Hbond substituents is 1. The van der Waals surface area contributed by atoms with Gasteiger partial charge in [-0.2, -0.15) is 0 Å². The Labute approximate surface area is 108 Å². The first kappa shape index (κ1) is 13.2. The zero-order chi connectivity index (χ0) is 12.0. The van der Waals surface area contributed by atoms with Gasteiger partial charge >= 0.3 is 0 Å². The van der Waals surface area contributed by atoms with Crippen molar-refractivity contribution in [3.63, 3.8) is 0 Å². The second-order valence-corrected chi connectivity index (χ2v) is 4.51. The molecular formula is C11H14INO3. The Kier molecular flexibility index (Phi) is 5.54. The van der Waals surface area contributed by atoms with E-state index in [1.165, 1.54) is 6.07 Å². The van der Waals surface area contributed by atoms with Crippen LogP contribution in [0.4, 0.5) is 0 Å². The smallest absolute Gasteiger partial charge is 0.255 e. The summed E-state index contributed by atoms with van der Waals surface area (Å²) < 4.78 is 5.78. The van der Waals surface area contributed by atoms with Gasteiger partial charge < -0.3 is 15.2 Å². The summed E-state index contributed by atoms with van der Waals surface area (Å²) in [6.45, 7) is 1.15. The van der Waals surface area contributed by atoms with Crippen LogP contribution in [-0.4, -0.2) is 31.3 Å². The van der Waals surface area contributed by atoms with E-state index in [-0.39, 0.29) is 11.7 Å². The Balaban J connectivity index is 2.55. The number of aromatic hydroxyl groups is 1. The summed E-state index contributed by atoms with van der Waals surface area (Å²) in [6, 6.07) is 4.92. The molecule has 0 spiro atoms. The van der Waals surface area contributed by atoms with Gasteiger partial charge in [0.25, 0.3) is 5.91 Å². The molecule has 0 aromatic heterocycles. The number of benzene rings is 1. The second kappa shape index (κ2) is 6.70. The number of ether oxygens (including phenoxy) is 1. The van der Waals surface area contributed by atoms with Crippen LogP contribution in [0.2, 0.25) is 0 Å². The van der Waals surface area contributed by atoms with Gasteiger partial charge in [-0.05, 0) is 47.2 Å². The Bertz CT molecular complexity index is 368. The number of phenols is 1. The molecule has 1 amide bonds. The minimum absolute atomic E-state index is 0.00431. The molecule has 0 saturated carbocycles. The first-order chi connectivity index (χ1) is 7.65. The zero-order valence-electron chi connectivity index (χ0n) is 9.00. The van der Waals surface area contributed by atoms with Gasteiger partial charge in [-0.25, -0.2) is 0 Å². The molecule has 0 unspecified atom stereocenters. The van der Waals surface area contributed by atoms with E-state index in [2.05, 4.69) is 27.9 Å². The Hall–Kier alpha value is -0.820. The van der Waals surface area contributed by atoms with Crippen LogP contribution in [0, 0.1) is 3.57 Å². The molecule has 0 saturated heterocycles. The number of rotatable bonds is 5. The molecule has 0 radical (unpaired) electrons. The number of carbonyl (C=O) groups is 1. The van der Waals surface area contributed by atoms with Crippen molar-refractivity contribution in [3.8, 4) is 5.75 Å². The molecule has 1 aromatic rings. The molecule has 1 aromatic carbocycles. The third-order valence-corrected chi connectivity index (χ3v) is 2.69. The fourth-order valence-corrected chi connectivity index (χ4v) is 1.69. The lowest BCUT2D eigenvalue weighted by molar-refractivity contribution is 0.0946. The number of hydrogen-bond acceptors (Lipinski definition) is 3. The summed E-state index contributed by atoms with van der Waals surface area (Å²) in [5.41, 5.74) is 0.310. The molecule has 16 heavy (non-hydrogen) atoms. The molecule has 0 heterocycles. The molecule has 4 nitrogen and oxygen atoms in total. The predicted molar refractivity (Wildman–Crippen MR) is 69.7 cm³/mol. The molecule has 0 fully saturated rings. The van der Waals surface area contributed by atoms with E-state index in [0.29, 0.717) is 18.7 Å². The van der Waals surface area contributed by atoms with Crippen LogP contribution >= 0.6 is 22.6 Å². The zero-order valence-corrected chi connectivity index (χ0v) is 11.2.